The average molecular weight is 486 g/mol. The fourth-order valence-corrected chi connectivity index (χ4v) is 4.55. The first-order valence-corrected chi connectivity index (χ1v) is 12.3. The maximum atomic E-state index is 12.9. The second kappa shape index (κ2) is 10.8. The topological polar surface area (TPSA) is 76.6 Å². The number of hydrogen-bond acceptors (Lipinski definition) is 6. The van der Waals surface area contributed by atoms with Crippen molar-refractivity contribution in [3.63, 3.8) is 0 Å². The van der Waals surface area contributed by atoms with Crippen LogP contribution in [-0.2, 0) is 20.1 Å². The van der Waals surface area contributed by atoms with E-state index in [0.29, 0.717) is 18.8 Å². The summed E-state index contributed by atoms with van der Waals surface area (Å²) < 4.78 is 13.4. The third kappa shape index (κ3) is 5.83. The first kappa shape index (κ1) is 23.8. The minimum absolute atomic E-state index is 0.0859. The van der Waals surface area contributed by atoms with E-state index in [1.165, 1.54) is 11.1 Å². The number of carbonyl (C=O) groups excluding carboxylic acids is 1. The second-order valence-corrected chi connectivity index (χ2v) is 9.39. The Labute approximate surface area is 211 Å². The summed E-state index contributed by atoms with van der Waals surface area (Å²) in [7, 11) is 4.04. The number of aryl methyl sites for hydroxylation is 1. The molecule has 1 aliphatic rings. The van der Waals surface area contributed by atoms with Crippen molar-refractivity contribution in [2.45, 2.75) is 32.0 Å². The van der Waals surface area contributed by atoms with Crippen LogP contribution in [0.3, 0.4) is 0 Å². The lowest BCUT2D eigenvalue weighted by Gasteiger charge is -2.31. The highest BCUT2D eigenvalue weighted by molar-refractivity contribution is 5.92. The first-order valence-electron chi connectivity index (χ1n) is 12.3. The lowest BCUT2D eigenvalue weighted by Crippen LogP contribution is -2.41. The number of hydrogen-bond donors (Lipinski definition) is 0. The molecule has 36 heavy (non-hydrogen) atoms. The van der Waals surface area contributed by atoms with Gasteiger partial charge in [0.2, 0.25) is 5.76 Å². The van der Waals surface area contributed by atoms with Gasteiger partial charge < -0.3 is 14.2 Å². The fourth-order valence-electron chi connectivity index (χ4n) is 4.55. The van der Waals surface area contributed by atoms with E-state index in [0.717, 1.165) is 37.2 Å². The molecule has 0 aliphatic carbocycles. The molecule has 2 aromatic heterocycles. The van der Waals surface area contributed by atoms with E-state index in [-0.39, 0.29) is 17.8 Å². The Morgan fingerprint density at radius 2 is 1.78 bits per heavy atom. The number of piperidine rings is 1. The van der Waals surface area contributed by atoms with Gasteiger partial charge in [0, 0.05) is 69.5 Å². The maximum Gasteiger partial charge on any atom is 0.292 e. The standard InChI is InChI=1S/C28H31N5O3/c1-31(19-22-17-29-32(2)20-22)18-21-8-10-24(11-9-21)35-25-12-14-33(15-13-25)28(34)27-16-26(30-36-27)23-6-4-3-5-7-23/h3-11,16-17,20,25H,12-15,18-19H2,1-2H3. The number of likely N-dealkylation sites (tertiary alicyclic amines) is 1. The summed E-state index contributed by atoms with van der Waals surface area (Å²) in [5, 5.41) is 8.30. The van der Waals surface area contributed by atoms with E-state index >= 15 is 0 Å². The van der Waals surface area contributed by atoms with Gasteiger partial charge in [-0.3, -0.25) is 14.4 Å². The highest BCUT2D eigenvalue weighted by Crippen LogP contribution is 2.23. The number of amides is 1. The minimum Gasteiger partial charge on any atom is -0.490 e. The molecule has 4 aromatic rings. The maximum absolute atomic E-state index is 12.9. The summed E-state index contributed by atoms with van der Waals surface area (Å²) in [6.07, 6.45) is 5.59. The van der Waals surface area contributed by atoms with Crippen LogP contribution in [0.4, 0.5) is 0 Å². The Kier molecular flexibility index (Phi) is 7.13. The van der Waals surface area contributed by atoms with Gasteiger partial charge in [-0.1, -0.05) is 47.6 Å². The van der Waals surface area contributed by atoms with Crippen molar-refractivity contribution >= 4 is 5.91 Å². The Hall–Kier alpha value is -3.91. The molecule has 5 rings (SSSR count). The van der Waals surface area contributed by atoms with Crippen LogP contribution in [0.15, 0.2) is 77.6 Å². The van der Waals surface area contributed by atoms with E-state index in [9.17, 15) is 4.79 Å². The van der Waals surface area contributed by atoms with Crippen molar-refractivity contribution in [2.75, 3.05) is 20.1 Å². The summed E-state index contributed by atoms with van der Waals surface area (Å²) in [6.45, 7) is 2.96. The Balaban J connectivity index is 1.09. The Morgan fingerprint density at radius 1 is 1.06 bits per heavy atom. The summed E-state index contributed by atoms with van der Waals surface area (Å²) in [4.78, 5) is 17.0. The molecule has 8 heteroatoms. The molecule has 186 valence electrons. The normalized spacial score (nSPS) is 14.4. The van der Waals surface area contributed by atoms with Crippen LogP contribution < -0.4 is 4.74 Å². The SMILES string of the molecule is CN(Cc1ccc(OC2CCN(C(=O)c3cc(-c4ccccc4)no3)CC2)cc1)Cc1cnn(C)c1. The molecule has 1 saturated heterocycles. The predicted molar refractivity (Wildman–Crippen MR) is 136 cm³/mol. The molecule has 1 amide bonds. The lowest BCUT2D eigenvalue weighted by molar-refractivity contribution is 0.0558. The predicted octanol–water partition coefficient (Wildman–Crippen LogP) is 4.39. The van der Waals surface area contributed by atoms with Gasteiger partial charge in [-0.2, -0.15) is 5.10 Å². The summed E-state index contributed by atoms with van der Waals surface area (Å²) in [5.74, 6) is 1.02. The van der Waals surface area contributed by atoms with Gasteiger partial charge in [-0.25, -0.2) is 0 Å². The number of rotatable bonds is 8. The zero-order valence-electron chi connectivity index (χ0n) is 20.7. The quantitative estimate of drug-likeness (QED) is 0.368. The summed E-state index contributed by atoms with van der Waals surface area (Å²) in [5.41, 5.74) is 4.03. The number of nitrogens with zero attached hydrogens (tertiary/aromatic N) is 5. The van der Waals surface area contributed by atoms with E-state index in [4.69, 9.17) is 9.26 Å². The molecular weight excluding hydrogens is 454 g/mol. The van der Waals surface area contributed by atoms with Gasteiger partial charge in [0.15, 0.2) is 0 Å². The van der Waals surface area contributed by atoms with Gasteiger partial charge in [0.1, 0.15) is 17.5 Å². The highest BCUT2D eigenvalue weighted by Gasteiger charge is 2.27. The van der Waals surface area contributed by atoms with Crippen LogP contribution in [0.5, 0.6) is 5.75 Å². The van der Waals surface area contributed by atoms with Crippen LogP contribution >= 0.6 is 0 Å². The number of benzene rings is 2. The monoisotopic (exact) mass is 485 g/mol. The molecule has 2 aromatic carbocycles. The van der Waals surface area contributed by atoms with Crippen molar-refractivity contribution in [3.8, 4) is 17.0 Å². The largest absolute Gasteiger partial charge is 0.490 e. The van der Waals surface area contributed by atoms with Crippen molar-refractivity contribution in [2.24, 2.45) is 7.05 Å². The third-order valence-corrected chi connectivity index (χ3v) is 6.41. The highest BCUT2D eigenvalue weighted by atomic mass is 16.5. The number of carbonyl (C=O) groups is 1. The molecule has 0 bridgehead atoms. The molecule has 1 aliphatic heterocycles. The fraction of sp³-hybridized carbons (Fsp3) is 0.321. The molecule has 3 heterocycles. The van der Waals surface area contributed by atoms with Crippen molar-refractivity contribution < 1.29 is 14.1 Å². The van der Waals surface area contributed by atoms with E-state index < -0.39 is 0 Å². The van der Waals surface area contributed by atoms with Crippen LogP contribution in [0, 0.1) is 0 Å². The first-order chi connectivity index (χ1) is 17.5. The van der Waals surface area contributed by atoms with Crippen molar-refractivity contribution in [1.29, 1.82) is 0 Å². The second-order valence-electron chi connectivity index (χ2n) is 9.39. The number of aromatic nitrogens is 3. The van der Waals surface area contributed by atoms with Gasteiger partial charge in [-0.05, 0) is 24.7 Å². The minimum atomic E-state index is -0.122. The Bertz CT molecular complexity index is 1270. The van der Waals surface area contributed by atoms with E-state index in [1.807, 2.05) is 71.5 Å². The van der Waals surface area contributed by atoms with Gasteiger partial charge in [0.25, 0.3) is 5.91 Å². The van der Waals surface area contributed by atoms with Crippen molar-refractivity contribution in [1.82, 2.24) is 24.7 Å². The van der Waals surface area contributed by atoms with Gasteiger partial charge in [0.05, 0.1) is 6.20 Å². The van der Waals surface area contributed by atoms with Crippen LogP contribution in [0.2, 0.25) is 0 Å². The van der Waals surface area contributed by atoms with Crippen molar-refractivity contribution in [3.05, 3.63) is 89.9 Å². The summed E-state index contributed by atoms with van der Waals surface area (Å²) in [6, 6.07) is 19.7. The molecule has 1 fully saturated rings. The molecule has 0 spiro atoms. The third-order valence-electron chi connectivity index (χ3n) is 6.41. The van der Waals surface area contributed by atoms with Gasteiger partial charge in [-0.15, -0.1) is 0 Å². The van der Waals surface area contributed by atoms with Crippen LogP contribution in [0.25, 0.3) is 11.3 Å². The average Bonchev–Trinajstić information content (AvgIpc) is 3.55. The molecule has 0 N–H and O–H groups in total. The number of ether oxygens (including phenoxy) is 1. The summed E-state index contributed by atoms with van der Waals surface area (Å²) >= 11 is 0. The lowest BCUT2D eigenvalue weighted by atomic mass is 10.1. The molecule has 8 nitrogen and oxygen atoms in total. The molecule has 0 radical (unpaired) electrons. The van der Waals surface area contributed by atoms with Crippen LogP contribution in [-0.4, -0.2) is 56.9 Å². The molecule has 0 unspecified atom stereocenters. The zero-order chi connectivity index (χ0) is 24.9. The van der Waals surface area contributed by atoms with Crippen LogP contribution in [0.1, 0.15) is 34.5 Å². The molecule has 0 saturated carbocycles. The molecular formula is C28H31N5O3. The molecule has 0 atom stereocenters. The Morgan fingerprint density at radius 3 is 2.47 bits per heavy atom. The smallest absolute Gasteiger partial charge is 0.292 e. The zero-order valence-corrected chi connectivity index (χ0v) is 20.7. The van der Waals surface area contributed by atoms with E-state index in [2.05, 4.69) is 34.3 Å². The van der Waals surface area contributed by atoms with Gasteiger partial charge >= 0.3 is 0 Å². The van der Waals surface area contributed by atoms with E-state index in [1.54, 1.807) is 6.07 Å².